The summed E-state index contributed by atoms with van der Waals surface area (Å²) < 4.78 is 9.30. The van der Waals surface area contributed by atoms with Crippen molar-refractivity contribution in [2.45, 2.75) is 19.3 Å². The van der Waals surface area contributed by atoms with Crippen LogP contribution in [0.4, 0.5) is 0 Å². The molecule has 4 heteroatoms. The molecule has 0 amide bonds. The Hall–Kier alpha value is -5.74. The van der Waals surface area contributed by atoms with Gasteiger partial charge in [-0.15, -0.1) is 0 Å². The molecule has 0 unspecified atom stereocenters. The zero-order chi connectivity index (χ0) is 29.9. The van der Waals surface area contributed by atoms with E-state index < -0.39 is 0 Å². The summed E-state index contributed by atoms with van der Waals surface area (Å²) in [6.07, 6.45) is 0. The molecule has 212 valence electrons. The van der Waals surface area contributed by atoms with Gasteiger partial charge in [-0.2, -0.15) is 0 Å². The third kappa shape index (κ3) is 3.21. The van der Waals surface area contributed by atoms with Crippen LogP contribution in [0.15, 0.2) is 132 Å². The summed E-state index contributed by atoms with van der Waals surface area (Å²) in [6.45, 7) is 4.56. The van der Waals surface area contributed by atoms with Crippen LogP contribution in [0.25, 0.3) is 82.8 Å². The highest BCUT2D eigenvalue weighted by molar-refractivity contribution is 6.21. The van der Waals surface area contributed by atoms with Gasteiger partial charge in [-0.3, -0.25) is 4.57 Å². The predicted octanol–water partition coefficient (Wildman–Crippen LogP) is 10.6. The summed E-state index contributed by atoms with van der Waals surface area (Å²) in [4.78, 5) is 10.5. The number of para-hydroxylation sites is 2. The van der Waals surface area contributed by atoms with E-state index in [4.69, 9.17) is 14.4 Å². The Balaban J connectivity index is 1.36. The molecule has 0 saturated heterocycles. The molecular formula is C41H27N3O. The molecule has 10 rings (SSSR count). The zero-order valence-electron chi connectivity index (χ0n) is 24.9. The van der Waals surface area contributed by atoms with Gasteiger partial charge >= 0.3 is 0 Å². The van der Waals surface area contributed by atoms with Crippen LogP contribution in [0, 0.1) is 0 Å². The van der Waals surface area contributed by atoms with E-state index >= 15 is 0 Å². The molecule has 0 radical (unpaired) electrons. The van der Waals surface area contributed by atoms with Crippen LogP contribution in [0.2, 0.25) is 0 Å². The first-order chi connectivity index (χ1) is 22.1. The van der Waals surface area contributed by atoms with E-state index in [1.807, 2.05) is 12.1 Å². The molecule has 0 spiro atoms. The van der Waals surface area contributed by atoms with Crippen molar-refractivity contribution >= 4 is 54.5 Å². The lowest BCUT2D eigenvalue weighted by Crippen LogP contribution is -2.14. The van der Waals surface area contributed by atoms with Crippen molar-refractivity contribution in [2.24, 2.45) is 0 Å². The third-order valence-corrected chi connectivity index (χ3v) is 9.75. The summed E-state index contributed by atoms with van der Waals surface area (Å²) in [7, 11) is 0. The molecule has 4 nitrogen and oxygen atoms in total. The summed E-state index contributed by atoms with van der Waals surface area (Å²) >= 11 is 0. The van der Waals surface area contributed by atoms with Gasteiger partial charge in [-0.25, -0.2) is 9.97 Å². The van der Waals surface area contributed by atoms with Crippen LogP contribution in [-0.2, 0) is 5.41 Å². The van der Waals surface area contributed by atoms with Gasteiger partial charge in [0.2, 0.25) is 5.95 Å². The Bertz CT molecular complexity index is 2680. The molecule has 0 saturated carbocycles. The highest BCUT2D eigenvalue weighted by atomic mass is 16.3. The first-order valence-electron chi connectivity index (χ1n) is 15.4. The van der Waals surface area contributed by atoms with Gasteiger partial charge in [0.15, 0.2) is 5.58 Å². The van der Waals surface area contributed by atoms with Gasteiger partial charge in [0.25, 0.3) is 0 Å². The first-order valence-corrected chi connectivity index (χ1v) is 15.4. The van der Waals surface area contributed by atoms with E-state index in [2.05, 4.69) is 134 Å². The van der Waals surface area contributed by atoms with Crippen molar-refractivity contribution < 1.29 is 4.42 Å². The number of nitrogens with zero attached hydrogens (tertiary/aromatic N) is 3. The Morgan fingerprint density at radius 3 is 2.16 bits per heavy atom. The lowest BCUT2D eigenvalue weighted by molar-refractivity contribution is 0.466. The normalized spacial score (nSPS) is 13.7. The zero-order valence-corrected chi connectivity index (χ0v) is 24.9. The monoisotopic (exact) mass is 577 g/mol. The van der Waals surface area contributed by atoms with Crippen molar-refractivity contribution in [2.75, 3.05) is 0 Å². The SMILES string of the molecule is CC1(C)c2ccc3ccccc3c2-c2c1oc1c2ccc2c3ccccc3n(-c3nc(-c4ccccc4)c4ccccc4n3)c21. The number of hydrogen-bond acceptors (Lipinski definition) is 3. The van der Waals surface area contributed by atoms with E-state index in [-0.39, 0.29) is 5.41 Å². The van der Waals surface area contributed by atoms with Crippen LogP contribution >= 0.6 is 0 Å². The van der Waals surface area contributed by atoms with Crippen molar-refractivity contribution in [1.82, 2.24) is 14.5 Å². The Labute approximate surface area is 259 Å². The van der Waals surface area contributed by atoms with Gasteiger partial charge in [0.1, 0.15) is 11.3 Å². The standard InChI is InChI=1S/C41H27N3O/c1-41(2)31-23-20-24-12-6-7-15-26(24)34(31)35-30-22-21-28-27-16-9-11-19-33(27)44(37(28)38(30)45-39(35)41)40-42-32-18-10-8-17-29(32)36(43-40)25-13-4-3-5-14-25/h3-23H,1-2H3. The molecule has 6 aromatic carbocycles. The highest BCUT2D eigenvalue weighted by Crippen LogP contribution is 2.56. The van der Waals surface area contributed by atoms with Gasteiger partial charge < -0.3 is 4.42 Å². The Kier molecular flexibility index (Phi) is 4.76. The average Bonchev–Trinajstić information content (AvgIpc) is 3.71. The second-order valence-electron chi connectivity index (χ2n) is 12.6. The topological polar surface area (TPSA) is 43.9 Å². The summed E-state index contributed by atoms with van der Waals surface area (Å²) in [5.74, 6) is 1.64. The summed E-state index contributed by atoms with van der Waals surface area (Å²) in [6, 6.07) is 44.9. The fraction of sp³-hybridized carbons (Fsp3) is 0.0732. The van der Waals surface area contributed by atoms with Crippen LogP contribution in [0.5, 0.6) is 0 Å². The van der Waals surface area contributed by atoms with Gasteiger partial charge in [0.05, 0.1) is 16.7 Å². The lowest BCUT2D eigenvalue weighted by Gasteiger charge is -2.19. The second kappa shape index (κ2) is 8.67. The Morgan fingerprint density at radius 2 is 1.29 bits per heavy atom. The van der Waals surface area contributed by atoms with Crippen LogP contribution < -0.4 is 0 Å². The third-order valence-electron chi connectivity index (χ3n) is 9.75. The van der Waals surface area contributed by atoms with Crippen molar-refractivity contribution in [3.8, 4) is 28.3 Å². The maximum absolute atomic E-state index is 7.09. The van der Waals surface area contributed by atoms with E-state index in [0.717, 1.165) is 60.7 Å². The molecule has 3 aromatic heterocycles. The number of fused-ring (bicyclic) bond motifs is 12. The molecule has 0 N–H and O–H groups in total. The number of furan rings is 1. The number of aromatic nitrogens is 3. The molecule has 0 bridgehead atoms. The fourth-order valence-electron chi connectivity index (χ4n) is 7.66. The molecule has 1 aliphatic carbocycles. The molecule has 0 aliphatic heterocycles. The first kappa shape index (κ1) is 24.7. The Morgan fingerprint density at radius 1 is 0.578 bits per heavy atom. The molecule has 9 aromatic rings. The maximum Gasteiger partial charge on any atom is 0.235 e. The number of benzene rings is 6. The molecule has 0 fully saturated rings. The predicted molar refractivity (Wildman–Crippen MR) is 184 cm³/mol. The van der Waals surface area contributed by atoms with Gasteiger partial charge in [-0.05, 0) is 53.9 Å². The molecule has 45 heavy (non-hydrogen) atoms. The molecular weight excluding hydrogens is 550 g/mol. The minimum Gasteiger partial charge on any atom is -0.457 e. The number of rotatable bonds is 2. The van der Waals surface area contributed by atoms with Gasteiger partial charge in [0, 0.05) is 38.1 Å². The van der Waals surface area contributed by atoms with Crippen LogP contribution in [-0.4, -0.2) is 14.5 Å². The largest absolute Gasteiger partial charge is 0.457 e. The van der Waals surface area contributed by atoms with E-state index in [9.17, 15) is 0 Å². The second-order valence-corrected chi connectivity index (χ2v) is 12.6. The lowest BCUT2D eigenvalue weighted by atomic mass is 9.85. The molecule has 1 aliphatic rings. The maximum atomic E-state index is 7.09. The fourth-order valence-corrected chi connectivity index (χ4v) is 7.66. The molecule has 3 heterocycles. The average molecular weight is 578 g/mol. The summed E-state index contributed by atoms with van der Waals surface area (Å²) in [5, 5.41) is 6.92. The quantitative estimate of drug-likeness (QED) is 0.205. The smallest absolute Gasteiger partial charge is 0.235 e. The minimum absolute atomic E-state index is 0.281. The van der Waals surface area contributed by atoms with E-state index in [0.29, 0.717) is 5.95 Å². The van der Waals surface area contributed by atoms with Crippen molar-refractivity contribution in [3.05, 3.63) is 139 Å². The van der Waals surface area contributed by atoms with Gasteiger partial charge in [-0.1, -0.05) is 109 Å². The van der Waals surface area contributed by atoms with Crippen LogP contribution in [0.3, 0.4) is 0 Å². The van der Waals surface area contributed by atoms with Crippen molar-refractivity contribution in [1.29, 1.82) is 0 Å². The highest BCUT2D eigenvalue weighted by Gasteiger charge is 2.42. The number of hydrogen-bond donors (Lipinski definition) is 0. The van der Waals surface area contributed by atoms with Crippen LogP contribution in [0.1, 0.15) is 25.2 Å². The minimum atomic E-state index is -0.281. The summed E-state index contributed by atoms with van der Waals surface area (Å²) in [5.41, 5.74) is 9.31. The molecule has 0 atom stereocenters. The van der Waals surface area contributed by atoms with E-state index in [1.165, 1.54) is 27.5 Å². The van der Waals surface area contributed by atoms with Crippen molar-refractivity contribution in [3.63, 3.8) is 0 Å². The van der Waals surface area contributed by atoms with E-state index in [1.54, 1.807) is 0 Å².